The number of nitriles is 1. The lowest BCUT2D eigenvalue weighted by Crippen LogP contribution is -2.16. The summed E-state index contributed by atoms with van der Waals surface area (Å²) >= 11 is 0. The molecular formula is C14H13N4. The van der Waals surface area contributed by atoms with Gasteiger partial charge in [-0.1, -0.05) is 18.2 Å². The van der Waals surface area contributed by atoms with Crippen molar-refractivity contribution in [3.63, 3.8) is 0 Å². The molecule has 89 valence electrons. The van der Waals surface area contributed by atoms with Crippen molar-refractivity contribution in [2.24, 2.45) is 0 Å². The summed E-state index contributed by atoms with van der Waals surface area (Å²) in [6, 6.07) is 12.6. The molecule has 4 nitrogen and oxygen atoms in total. The van der Waals surface area contributed by atoms with Crippen molar-refractivity contribution in [1.29, 1.82) is 5.26 Å². The number of hydrogen-bond donors (Lipinski definition) is 1. The molecule has 4 heteroatoms. The van der Waals surface area contributed by atoms with Gasteiger partial charge in [-0.2, -0.15) is 10.4 Å². The van der Waals surface area contributed by atoms with Gasteiger partial charge < -0.3 is 5.73 Å². The van der Waals surface area contributed by atoms with Crippen LogP contribution in [0.15, 0.2) is 24.3 Å². The Hall–Kier alpha value is -2.28. The van der Waals surface area contributed by atoms with Gasteiger partial charge in [-0.05, 0) is 31.9 Å². The summed E-state index contributed by atoms with van der Waals surface area (Å²) in [6.45, 7) is 2.11. The molecule has 1 fully saturated rings. The van der Waals surface area contributed by atoms with Crippen LogP contribution in [0.2, 0.25) is 0 Å². The quantitative estimate of drug-likeness (QED) is 0.871. The predicted molar refractivity (Wildman–Crippen MR) is 68.5 cm³/mol. The van der Waals surface area contributed by atoms with E-state index in [0.717, 1.165) is 18.4 Å². The van der Waals surface area contributed by atoms with Crippen molar-refractivity contribution in [2.75, 3.05) is 5.73 Å². The van der Waals surface area contributed by atoms with Crippen molar-refractivity contribution >= 4 is 5.82 Å². The molecule has 2 N–H and O–H groups in total. The van der Waals surface area contributed by atoms with Gasteiger partial charge in [0.1, 0.15) is 23.1 Å². The lowest BCUT2D eigenvalue weighted by molar-refractivity contribution is 0.481. The Morgan fingerprint density at radius 3 is 2.89 bits per heavy atom. The SMILES string of the molecule is CC1(n2nc(-c3c[c]ccc3)c(C#N)c2N)CC1. The highest BCUT2D eigenvalue weighted by Crippen LogP contribution is 2.45. The molecule has 0 bridgehead atoms. The highest BCUT2D eigenvalue weighted by molar-refractivity contribution is 5.72. The molecule has 1 aliphatic rings. The third-order valence-corrected chi connectivity index (χ3v) is 3.50. The van der Waals surface area contributed by atoms with E-state index >= 15 is 0 Å². The molecule has 0 unspecified atom stereocenters. The topological polar surface area (TPSA) is 67.6 Å². The number of rotatable bonds is 2. The fraction of sp³-hybridized carbons (Fsp3) is 0.286. The lowest BCUT2D eigenvalue weighted by Gasteiger charge is -2.10. The van der Waals surface area contributed by atoms with Gasteiger partial charge >= 0.3 is 0 Å². The van der Waals surface area contributed by atoms with E-state index < -0.39 is 0 Å². The van der Waals surface area contributed by atoms with E-state index in [1.165, 1.54) is 0 Å². The number of nitrogens with zero attached hydrogens (tertiary/aromatic N) is 3. The maximum Gasteiger partial charge on any atom is 0.141 e. The van der Waals surface area contributed by atoms with Crippen LogP contribution in [0.1, 0.15) is 25.3 Å². The number of aromatic nitrogens is 2. The minimum Gasteiger partial charge on any atom is -0.383 e. The fourth-order valence-electron chi connectivity index (χ4n) is 2.09. The van der Waals surface area contributed by atoms with Gasteiger partial charge in [-0.15, -0.1) is 0 Å². The molecular weight excluding hydrogens is 224 g/mol. The Morgan fingerprint density at radius 1 is 1.56 bits per heavy atom. The summed E-state index contributed by atoms with van der Waals surface area (Å²) in [7, 11) is 0. The Morgan fingerprint density at radius 2 is 2.33 bits per heavy atom. The molecule has 0 aliphatic heterocycles. The standard InChI is InChI=1S/C14H13N4/c1-14(7-8-14)18-13(16)11(9-15)12(17-18)10-5-3-2-4-6-10/h2-3,5-6H,7-8,16H2,1H3. The molecule has 0 amide bonds. The first-order chi connectivity index (χ1) is 8.65. The molecule has 1 aliphatic carbocycles. The molecule has 0 atom stereocenters. The Labute approximate surface area is 106 Å². The smallest absolute Gasteiger partial charge is 0.141 e. The zero-order chi connectivity index (χ0) is 12.8. The molecule has 0 spiro atoms. The monoisotopic (exact) mass is 237 g/mol. The third kappa shape index (κ3) is 1.48. The lowest BCUT2D eigenvalue weighted by atomic mass is 10.1. The van der Waals surface area contributed by atoms with Crippen molar-refractivity contribution < 1.29 is 0 Å². The second-order valence-electron chi connectivity index (χ2n) is 4.92. The average molecular weight is 237 g/mol. The summed E-state index contributed by atoms with van der Waals surface area (Å²) in [5.41, 5.74) is 8.03. The summed E-state index contributed by atoms with van der Waals surface area (Å²) in [4.78, 5) is 0. The first-order valence-corrected chi connectivity index (χ1v) is 5.91. The van der Waals surface area contributed by atoms with Crippen LogP contribution in [0.4, 0.5) is 5.82 Å². The molecule has 18 heavy (non-hydrogen) atoms. The van der Waals surface area contributed by atoms with E-state index in [1.807, 2.05) is 24.3 Å². The van der Waals surface area contributed by atoms with Crippen LogP contribution in [-0.2, 0) is 5.54 Å². The van der Waals surface area contributed by atoms with Gasteiger partial charge in [0, 0.05) is 5.56 Å². The van der Waals surface area contributed by atoms with E-state index in [2.05, 4.69) is 24.2 Å². The molecule has 0 saturated heterocycles. The van der Waals surface area contributed by atoms with Crippen LogP contribution in [0.5, 0.6) is 0 Å². The molecule has 1 radical (unpaired) electrons. The van der Waals surface area contributed by atoms with E-state index in [1.54, 1.807) is 4.68 Å². The summed E-state index contributed by atoms with van der Waals surface area (Å²) in [5.74, 6) is 0.469. The first-order valence-electron chi connectivity index (χ1n) is 5.91. The molecule has 1 aromatic carbocycles. The Bertz CT molecular complexity index is 630. The van der Waals surface area contributed by atoms with Gasteiger partial charge in [0.05, 0.1) is 5.54 Å². The summed E-state index contributed by atoms with van der Waals surface area (Å²) in [6.07, 6.45) is 2.12. The number of anilines is 1. The zero-order valence-electron chi connectivity index (χ0n) is 10.1. The minimum atomic E-state index is -0.00751. The number of benzene rings is 1. The van der Waals surface area contributed by atoms with Crippen molar-refractivity contribution in [3.05, 3.63) is 35.9 Å². The maximum atomic E-state index is 9.27. The highest BCUT2D eigenvalue weighted by atomic mass is 15.4. The van der Waals surface area contributed by atoms with Crippen LogP contribution in [0.25, 0.3) is 11.3 Å². The van der Waals surface area contributed by atoms with E-state index in [0.29, 0.717) is 17.1 Å². The molecule has 1 saturated carbocycles. The number of nitrogens with two attached hydrogens (primary N) is 1. The molecule has 3 rings (SSSR count). The third-order valence-electron chi connectivity index (χ3n) is 3.50. The Kier molecular flexibility index (Phi) is 2.17. The van der Waals surface area contributed by atoms with E-state index in [9.17, 15) is 5.26 Å². The fourth-order valence-corrected chi connectivity index (χ4v) is 2.09. The molecule has 1 heterocycles. The van der Waals surface area contributed by atoms with Gasteiger partial charge in [-0.25, -0.2) is 4.68 Å². The van der Waals surface area contributed by atoms with Crippen LogP contribution in [0, 0.1) is 17.4 Å². The maximum absolute atomic E-state index is 9.27. The zero-order valence-corrected chi connectivity index (χ0v) is 10.1. The Balaban J connectivity index is 2.19. The van der Waals surface area contributed by atoms with Gasteiger partial charge in [0.25, 0.3) is 0 Å². The van der Waals surface area contributed by atoms with Crippen LogP contribution in [-0.4, -0.2) is 9.78 Å². The van der Waals surface area contributed by atoms with E-state index in [-0.39, 0.29) is 5.54 Å². The van der Waals surface area contributed by atoms with Crippen LogP contribution < -0.4 is 5.73 Å². The van der Waals surface area contributed by atoms with Crippen LogP contribution >= 0.6 is 0 Å². The second-order valence-corrected chi connectivity index (χ2v) is 4.92. The predicted octanol–water partition coefficient (Wildman–Crippen LogP) is 2.31. The van der Waals surface area contributed by atoms with E-state index in [4.69, 9.17) is 5.73 Å². The van der Waals surface area contributed by atoms with Crippen molar-refractivity contribution in [3.8, 4) is 17.3 Å². The molecule has 1 aromatic heterocycles. The largest absolute Gasteiger partial charge is 0.383 e. The number of nitrogen functional groups attached to an aromatic ring is 1. The van der Waals surface area contributed by atoms with Gasteiger partial charge in [0.15, 0.2) is 0 Å². The van der Waals surface area contributed by atoms with Crippen molar-refractivity contribution in [1.82, 2.24) is 9.78 Å². The summed E-state index contributed by atoms with van der Waals surface area (Å²) in [5, 5.41) is 13.8. The average Bonchev–Trinajstić information content (AvgIpc) is 3.03. The highest BCUT2D eigenvalue weighted by Gasteiger charge is 2.42. The molecule has 2 aromatic rings. The first kappa shape index (κ1) is 10.8. The minimum absolute atomic E-state index is 0.00751. The summed E-state index contributed by atoms with van der Waals surface area (Å²) < 4.78 is 1.80. The van der Waals surface area contributed by atoms with Crippen LogP contribution in [0.3, 0.4) is 0 Å². The normalized spacial score (nSPS) is 16.2. The van der Waals surface area contributed by atoms with Crippen molar-refractivity contribution in [2.45, 2.75) is 25.3 Å². The van der Waals surface area contributed by atoms with Gasteiger partial charge in [0.2, 0.25) is 0 Å². The number of hydrogen-bond acceptors (Lipinski definition) is 3. The van der Waals surface area contributed by atoms with Gasteiger partial charge in [-0.3, -0.25) is 0 Å². The second kappa shape index (κ2) is 3.61.